The number of hydrazone groups is 1. The van der Waals surface area contributed by atoms with Crippen molar-refractivity contribution in [3.63, 3.8) is 0 Å². The summed E-state index contributed by atoms with van der Waals surface area (Å²) in [6, 6.07) is 0. The van der Waals surface area contributed by atoms with Crippen LogP contribution in [-0.4, -0.2) is 12.1 Å². The number of hydrogen-bond acceptors (Lipinski definition) is 3. The van der Waals surface area contributed by atoms with Gasteiger partial charge in [0.1, 0.15) is 0 Å². The molecule has 0 aromatic heterocycles. The van der Waals surface area contributed by atoms with Gasteiger partial charge in [-0.15, -0.1) is 5.10 Å². The summed E-state index contributed by atoms with van der Waals surface area (Å²) in [4.78, 5) is 0. The van der Waals surface area contributed by atoms with E-state index in [1.54, 1.807) is 0 Å². The minimum atomic E-state index is 0.109. The Hall–Kier alpha value is -0.730. The van der Waals surface area contributed by atoms with E-state index in [2.05, 4.69) is 31.3 Å². The van der Waals surface area contributed by atoms with Crippen molar-refractivity contribution in [3.8, 4) is 0 Å². The smallest absolute Gasteiger partial charge is 0.210 e. The van der Waals surface area contributed by atoms with Gasteiger partial charge < -0.3 is 4.74 Å². The van der Waals surface area contributed by atoms with Gasteiger partial charge in [0.2, 0.25) is 5.90 Å². The van der Waals surface area contributed by atoms with Crippen LogP contribution in [0.15, 0.2) is 5.10 Å². The topological polar surface area (TPSA) is 33.6 Å². The van der Waals surface area contributed by atoms with Gasteiger partial charge in [-0.3, -0.25) is 5.43 Å². The summed E-state index contributed by atoms with van der Waals surface area (Å²) in [6.45, 7) is 6.20. The average Bonchev–Trinajstić information content (AvgIpc) is 2.34. The summed E-state index contributed by atoms with van der Waals surface area (Å²) in [5.74, 6) is 1.22. The molecule has 3 nitrogen and oxygen atoms in total. The second kappa shape index (κ2) is 2.90. The summed E-state index contributed by atoms with van der Waals surface area (Å²) in [7, 11) is 0. The molecular weight excluding hydrogens is 128 g/mol. The largest absolute Gasteiger partial charge is 0.454 e. The molecule has 1 aliphatic heterocycles. The first-order chi connectivity index (χ1) is 4.74. The van der Waals surface area contributed by atoms with Gasteiger partial charge in [0.25, 0.3) is 0 Å². The summed E-state index contributed by atoms with van der Waals surface area (Å²) in [6.07, 6.45) is 1.07. The molecule has 0 bridgehead atoms. The number of nitrogens with zero attached hydrogens (tertiary/aromatic N) is 1. The molecular formula is C7H14N2O. The van der Waals surface area contributed by atoms with Gasteiger partial charge in [-0.1, -0.05) is 20.8 Å². The van der Waals surface area contributed by atoms with Crippen molar-refractivity contribution in [1.29, 1.82) is 0 Å². The third-order valence-corrected chi connectivity index (χ3v) is 1.45. The molecule has 1 heterocycles. The Morgan fingerprint density at radius 1 is 1.70 bits per heavy atom. The van der Waals surface area contributed by atoms with Crippen LogP contribution >= 0.6 is 0 Å². The van der Waals surface area contributed by atoms with Crippen molar-refractivity contribution < 1.29 is 4.74 Å². The summed E-state index contributed by atoms with van der Waals surface area (Å²) < 4.78 is 5.41. The first-order valence-electron chi connectivity index (χ1n) is 3.73. The standard InChI is InChI=1S/C7H14N2O/c1-4-6-8-9-7(10-6)5(2)3/h5-6,8H,4H2,1-3H3. The maximum Gasteiger partial charge on any atom is 0.210 e. The Kier molecular flexibility index (Phi) is 2.14. The fraction of sp³-hybridized carbons (Fsp3) is 0.857. The third kappa shape index (κ3) is 1.40. The second-order valence-electron chi connectivity index (χ2n) is 2.75. The lowest BCUT2D eigenvalue weighted by atomic mass is 10.2. The molecule has 0 saturated heterocycles. The highest BCUT2D eigenvalue weighted by Gasteiger charge is 2.18. The number of ether oxygens (including phenoxy) is 1. The zero-order valence-electron chi connectivity index (χ0n) is 6.72. The predicted molar refractivity (Wildman–Crippen MR) is 40.6 cm³/mol. The highest BCUT2D eigenvalue weighted by Crippen LogP contribution is 2.08. The first-order valence-corrected chi connectivity index (χ1v) is 3.73. The fourth-order valence-corrected chi connectivity index (χ4v) is 0.774. The number of nitrogens with one attached hydrogen (secondary N) is 1. The van der Waals surface area contributed by atoms with Gasteiger partial charge in [0, 0.05) is 12.3 Å². The van der Waals surface area contributed by atoms with Crippen LogP contribution in [0.3, 0.4) is 0 Å². The van der Waals surface area contributed by atoms with Crippen LogP contribution in [0.2, 0.25) is 0 Å². The van der Waals surface area contributed by atoms with Gasteiger partial charge in [0.15, 0.2) is 6.23 Å². The quantitative estimate of drug-likeness (QED) is 0.630. The lowest BCUT2D eigenvalue weighted by molar-refractivity contribution is 0.174. The molecule has 58 valence electrons. The highest BCUT2D eigenvalue weighted by atomic mass is 16.5. The predicted octanol–water partition coefficient (Wildman–Crippen LogP) is 1.31. The van der Waals surface area contributed by atoms with E-state index in [4.69, 9.17) is 4.74 Å². The Morgan fingerprint density at radius 2 is 2.40 bits per heavy atom. The summed E-state index contributed by atoms with van der Waals surface area (Å²) >= 11 is 0. The average molecular weight is 142 g/mol. The fourth-order valence-electron chi connectivity index (χ4n) is 0.774. The van der Waals surface area contributed by atoms with Crippen LogP contribution in [0.4, 0.5) is 0 Å². The van der Waals surface area contributed by atoms with E-state index in [1.165, 1.54) is 0 Å². The van der Waals surface area contributed by atoms with Gasteiger partial charge in [-0.05, 0) is 0 Å². The first kappa shape index (κ1) is 7.38. The monoisotopic (exact) mass is 142 g/mol. The molecule has 3 heteroatoms. The normalized spacial score (nSPS) is 24.0. The maximum absolute atomic E-state index is 5.41. The van der Waals surface area contributed by atoms with Crippen molar-refractivity contribution >= 4 is 5.90 Å². The van der Waals surface area contributed by atoms with Crippen molar-refractivity contribution in [2.24, 2.45) is 11.0 Å². The molecule has 1 atom stereocenters. The molecule has 0 aromatic rings. The molecule has 1 unspecified atom stereocenters. The van der Waals surface area contributed by atoms with Crippen LogP contribution in [0.25, 0.3) is 0 Å². The lowest BCUT2D eigenvalue weighted by Crippen LogP contribution is -2.21. The molecule has 1 rings (SSSR count). The van der Waals surface area contributed by atoms with E-state index in [0.717, 1.165) is 12.3 Å². The van der Waals surface area contributed by atoms with E-state index in [-0.39, 0.29) is 6.23 Å². The molecule has 0 saturated carbocycles. The molecule has 0 aliphatic carbocycles. The van der Waals surface area contributed by atoms with Crippen molar-refractivity contribution in [3.05, 3.63) is 0 Å². The third-order valence-electron chi connectivity index (χ3n) is 1.45. The minimum Gasteiger partial charge on any atom is -0.454 e. The molecule has 0 radical (unpaired) electrons. The van der Waals surface area contributed by atoms with E-state index in [9.17, 15) is 0 Å². The zero-order chi connectivity index (χ0) is 7.56. The van der Waals surface area contributed by atoms with Crippen LogP contribution in [0.5, 0.6) is 0 Å². The molecule has 0 fully saturated rings. The van der Waals surface area contributed by atoms with Gasteiger partial charge in [0.05, 0.1) is 0 Å². The van der Waals surface area contributed by atoms with Crippen LogP contribution < -0.4 is 5.43 Å². The molecule has 0 aromatic carbocycles. The van der Waals surface area contributed by atoms with E-state index >= 15 is 0 Å². The Balaban J connectivity index is 2.39. The second-order valence-corrected chi connectivity index (χ2v) is 2.75. The van der Waals surface area contributed by atoms with Crippen LogP contribution in [0, 0.1) is 5.92 Å². The molecule has 0 spiro atoms. The molecule has 10 heavy (non-hydrogen) atoms. The van der Waals surface area contributed by atoms with Crippen LogP contribution in [0.1, 0.15) is 27.2 Å². The Labute approximate surface area is 61.5 Å². The van der Waals surface area contributed by atoms with Crippen molar-refractivity contribution in [2.75, 3.05) is 0 Å². The SMILES string of the molecule is CCC1NN=C(C(C)C)O1. The number of hydrogen-bond donors (Lipinski definition) is 1. The Morgan fingerprint density at radius 3 is 2.70 bits per heavy atom. The molecule has 1 aliphatic rings. The minimum absolute atomic E-state index is 0.109. The summed E-state index contributed by atoms with van der Waals surface area (Å²) in [5, 5.41) is 4.03. The van der Waals surface area contributed by atoms with E-state index < -0.39 is 0 Å². The highest BCUT2D eigenvalue weighted by molar-refractivity contribution is 5.78. The van der Waals surface area contributed by atoms with Gasteiger partial charge in [-0.25, -0.2) is 0 Å². The van der Waals surface area contributed by atoms with Crippen LogP contribution in [-0.2, 0) is 4.74 Å². The lowest BCUT2D eigenvalue weighted by Gasteiger charge is -2.08. The number of rotatable bonds is 2. The van der Waals surface area contributed by atoms with E-state index in [1.807, 2.05) is 0 Å². The van der Waals surface area contributed by atoms with Crippen molar-refractivity contribution in [1.82, 2.24) is 5.43 Å². The van der Waals surface area contributed by atoms with Crippen molar-refractivity contribution in [2.45, 2.75) is 33.4 Å². The molecule has 1 N–H and O–H groups in total. The van der Waals surface area contributed by atoms with Gasteiger partial charge >= 0.3 is 0 Å². The maximum atomic E-state index is 5.41. The van der Waals surface area contributed by atoms with E-state index in [0.29, 0.717) is 5.92 Å². The summed E-state index contributed by atoms with van der Waals surface area (Å²) in [5.41, 5.74) is 2.90. The Bertz CT molecular complexity index is 143. The molecule has 0 amide bonds. The van der Waals surface area contributed by atoms with Gasteiger partial charge in [-0.2, -0.15) is 0 Å². The zero-order valence-corrected chi connectivity index (χ0v) is 6.72.